The number of halogens is 1. The van der Waals surface area contributed by atoms with Gasteiger partial charge in [-0.2, -0.15) is 0 Å². The predicted molar refractivity (Wildman–Crippen MR) is 130 cm³/mol. The molecule has 1 aliphatic rings. The zero-order chi connectivity index (χ0) is 26.0. The first-order valence-electron chi connectivity index (χ1n) is 10.6. The van der Waals surface area contributed by atoms with Gasteiger partial charge in [0.15, 0.2) is 11.1 Å². The molecule has 2 heterocycles. The van der Waals surface area contributed by atoms with Gasteiger partial charge in [-0.15, -0.1) is 0 Å². The van der Waals surface area contributed by atoms with Crippen molar-refractivity contribution in [2.24, 2.45) is 5.16 Å². The average molecular weight is 568 g/mol. The number of oxime groups is 1. The Morgan fingerprint density at radius 2 is 2.00 bits per heavy atom. The second-order valence-electron chi connectivity index (χ2n) is 8.86. The molecule has 0 spiro atoms. The molecule has 35 heavy (non-hydrogen) atoms. The van der Waals surface area contributed by atoms with E-state index >= 15 is 0 Å². The van der Waals surface area contributed by atoms with Crippen molar-refractivity contribution >= 4 is 43.4 Å². The van der Waals surface area contributed by atoms with Crippen LogP contribution in [0.3, 0.4) is 0 Å². The Morgan fingerprint density at radius 1 is 1.31 bits per heavy atom. The van der Waals surface area contributed by atoms with Crippen molar-refractivity contribution in [2.75, 3.05) is 6.54 Å². The largest absolute Gasteiger partial charge is 0.459 e. The van der Waals surface area contributed by atoms with Crippen LogP contribution < -0.4 is 0 Å². The normalized spacial score (nSPS) is 17.9. The Morgan fingerprint density at radius 3 is 2.60 bits per heavy atom. The van der Waals surface area contributed by atoms with Crippen molar-refractivity contribution in [3.8, 4) is 0 Å². The maximum atomic E-state index is 13.4. The van der Waals surface area contributed by atoms with Gasteiger partial charge in [-0.3, -0.25) is 9.59 Å². The van der Waals surface area contributed by atoms with Crippen LogP contribution in [0.15, 0.2) is 61.2 Å². The third kappa shape index (κ3) is 6.17. The number of amides is 1. The molecule has 0 bridgehead atoms. The summed E-state index contributed by atoms with van der Waals surface area (Å²) < 4.78 is 37.8. The molecule has 10 nitrogen and oxygen atoms in total. The Bertz CT molecular complexity index is 1290. The molecule has 1 fully saturated rings. The summed E-state index contributed by atoms with van der Waals surface area (Å²) in [5.41, 5.74) is 0.292. The molecular weight excluding hydrogens is 542 g/mol. The fraction of sp³-hybridized carbons (Fsp3) is 0.391. The summed E-state index contributed by atoms with van der Waals surface area (Å²) in [5.74, 6) is -1.28. The molecule has 12 heteroatoms. The van der Waals surface area contributed by atoms with Gasteiger partial charge in [0.05, 0.1) is 17.5 Å². The minimum Gasteiger partial charge on any atom is -0.459 e. The second kappa shape index (κ2) is 10.3. The van der Waals surface area contributed by atoms with Crippen LogP contribution >= 0.6 is 15.9 Å². The minimum atomic E-state index is -4.15. The van der Waals surface area contributed by atoms with Crippen LogP contribution in [0.5, 0.6) is 0 Å². The first-order valence-corrected chi connectivity index (χ1v) is 12.9. The number of nitrogens with zero attached hydrogens (tertiary/aromatic N) is 3. The number of hydrogen-bond donors (Lipinski definition) is 0. The first-order chi connectivity index (χ1) is 16.3. The number of ether oxygens (including phenoxy) is 1. The van der Waals surface area contributed by atoms with Crippen LogP contribution in [0, 0.1) is 6.92 Å². The SMILES string of the molecule is CC(/C=C1/C(=O)N(CC(=O)OC(C)(C)C)C1S(=O)(=O)c1cnoc1C)=N\OCc1ccccc1Br. The first kappa shape index (κ1) is 26.6. The lowest BCUT2D eigenvalue weighted by molar-refractivity contribution is -0.160. The maximum absolute atomic E-state index is 13.4. The summed E-state index contributed by atoms with van der Waals surface area (Å²) in [4.78, 5) is 31.4. The van der Waals surface area contributed by atoms with Crippen molar-refractivity contribution in [3.05, 3.63) is 57.9 Å². The number of rotatable bonds is 8. The van der Waals surface area contributed by atoms with Gasteiger partial charge in [0.25, 0.3) is 5.91 Å². The third-order valence-corrected chi connectivity index (χ3v) is 7.71. The van der Waals surface area contributed by atoms with Gasteiger partial charge in [0, 0.05) is 10.0 Å². The van der Waals surface area contributed by atoms with Crippen molar-refractivity contribution in [2.45, 2.75) is 57.1 Å². The monoisotopic (exact) mass is 567 g/mol. The number of carbonyl (C=O) groups excluding carboxylic acids is 2. The van der Waals surface area contributed by atoms with E-state index < -0.39 is 39.2 Å². The van der Waals surface area contributed by atoms with E-state index in [1.54, 1.807) is 27.7 Å². The number of hydrogen-bond acceptors (Lipinski definition) is 9. The van der Waals surface area contributed by atoms with E-state index in [1.807, 2.05) is 24.3 Å². The molecule has 0 aliphatic carbocycles. The number of sulfone groups is 1. The Hall–Kier alpha value is -2.99. The zero-order valence-electron chi connectivity index (χ0n) is 19.9. The number of β-lactam (4-membered cyclic amide) rings is 1. The summed E-state index contributed by atoms with van der Waals surface area (Å²) in [6.45, 7) is 7.69. The lowest BCUT2D eigenvalue weighted by Crippen LogP contribution is -2.60. The fourth-order valence-electron chi connectivity index (χ4n) is 3.37. The van der Waals surface area contributed by atoms with Crippen LogP contribution in [-0.4, -0.2) is 53.6 Å². The van der Waals surface area contributed by atoms with Gasteiger partial charge in [-0.25, -0.2) is 8.42 Å². The maximum Gasteiger partial charge on any atom is 0.326 e. The molecule has 0 saturated carbocycles. The molecule has 0 radical (unpaired) electrons. The quantitative estimate of drug-likeness (QED) is 0.156. The molecule has 0 N–H and O–H groups in total. The third-order valence-electron chi connectivity index (χ3n) is 4.83. The standard InChI is InChI=1S/C23H26BrN3O7S/c1-14(26-32-13-16-8-6-7-9-18(16)24)10-17-21(29)27(12-20(28)33-23(3,4)5)22(17)35(30,31)19-11-25-34-15(19)2/h6-11,22H,12-13H2,1-5H3/b17-10-,26-14+. The van der Waals surface area contributed by atoms with E-state index in [4.69, 9.17) is 14.1 Å². The zero-order valence-corrected chi connectivity index (χ0v) is 22.3. The molecule has 1 atom stereocenters. The van der Waals surface area contributed by atoms with E-state index in [-0.39, 0.29) is 28.5 Å². The summed E-state index contributed by atoms with van der Waals surface area (Å²) in [7, 11) is -4.15. The number of allylic oxidation sites excluding steroid dienone is 1. The summed E-state index contributed by atoms with van der Waals surface area (Å²) in [5, 5.41) is 6.07. The van der Waals surface area contributed by atoms with Crippen LogP contribution in [0.4, 0.5) is 0 Å². The topological polar surface area (TPSA) is 128 Å². The Balaban J connectivity index is 1.86. The molecule has 1 aromatic heterocycles. The van der Waals surface area contributed by atoms with E-state index in [0.717, 1.165) is 21.1 Å². The van der Waals surface area contributed by atoms with Crippen LogP contribution in [0.2, 0.25) is 0 Å². The molecule has 2 aromatic rings. The number of esters is 1. The molecular formula is C23H26BrN3O7S. The Labute approximate surface area is 212 Å². The molecule has 188 valence electrons. The molecule has 1 aliphatic heterocycles. The van der Waals surface area contributed by atoms with E-state index in [2.05, 4.69) is 26.2 Å². The second-order valence-corrected chi connectivity index (χ2v) is 11.7. The van der Waals surface area contributed by atoms with Gasteiger partial charge in [0.1, 0.15) is 23.6 Å². The molecule has 1 unspecified atom stereocenters. The Kier molecular flexibility index (Phi) is 7.85. The van der Waals surface area contributed by atoms with Crippen LogP contribution in [-0.2, 0) is 35.6 Å². The van der Waals surface area contributed by atoms with Crippen LogP contribution in [0.25, 0.3) is 0 Å². The van der Waals surface area contributed by atoms with Crippen molar-refractivity contribution < 1.29 is 32.1 Å². The van der Waals surface area contributed by atoms with E-state index in [1.165, 1.54) is 13.0 Å². The van der Waals surface area contributed by atoms with Gasteiger partial charge in [0.2, 0.25) is 9.84 Å². The van der Waals surface area contributed by atoms with Gasteiger partial charge < -0.3 is 19.0 Å². The van der Waals surface area contributed by atoms with Gasteiger partial charge in [-0.1, -0.05) is 44.4 Å². The van der Waals surface area contributed by atoms with Crippen LogP contribution in [0.1, 0.15) is 39.0 Å². The fourth-order valence-corrected chi connectivity index (χ4v) is 5.64. The highest BCUT2D eigenvalue weighted by molar-refractivity contribution is 9.10. The lowest BCUT2D eigenvalue weighted by Gasteiger charge is -2.41. The molecule has 3 rings (SSSR count). The van der Waals surface area contributed by atoms with Crippen molar-refractivity contribution in [1.82, 2.24) is 10.1 Å². The molecule has 1 aromatic carbocycles. The van der Waals surface area contributed by atoms with Crippen molar-refractivity contribution in [3.63, 3.8) is 0 Å². The summed E-state index contributed by atoms with van der Waals surface area (Å²) in [6.07, 6.45) is 2.40. The number of aryl methyl sites for hydroxylation is 1. The number of aromatic nitrogens is 1. The number of benzene rings is 1. The number of carbonyl (C=O) groups is 2. The summed E-state index contributed by atoms with van der Waals surface area (Å²) >= 11 is 3.42. The smallest absolute Gasteiger partial charge is 0.326 e. The highest BCUT2D eigenvalue weighted by Gasteiger charge is 2.52. The minimum absolute atomic E-state index is 0.0556. The van der Waals surface area contributed by atoms with Crippen molar-refractivity contribution in [1.29, 1.82) is 0 Å². The lowest BCUT2D eigenvalue weighted by atomic mass is 10.0. The number of likely N-dealkylation sites (tertiary alicyclic amines) is 1. The predicted octanol–water partition coefficient (Wildman–Crippen LogP) is 3.55. The molecule has 1 saturated heterocycles. The van der Waals surface area contributed by atoms with E-state index in [9.17, 15) is 18.0 Å². The summed E-state index contributed by atoms with van der Waals surface area (Å²) in [6, 6.07) is 7.46. The highest BCUT2D eigenvalue weighted by Crippen LogP contribution is 2.35. The van der Waals surface area contributed by atoms with Gasteiger partial charge >= 0.3 is 5.97 Å². The van der Waals surface area contributed by atoms with Gasteiger partial charge in [-0.05, 0) is 46.8 Å². The average Bonchev–Trinajstić information content (AvgIpc) is 3.19. The molecule has 1 amide bonds. The highest BCUT2D eigenvalue weighted by atomic mass is 79.9. The van der Waals surface area contributed by atoms with E-state index in [0.29, 0.717) is 0 Å².